The SMILES string of the molecule is CCN(CC(N)=S)C(=O)Cc1ccccc1Cl. The molecule has 3 nitrogen and oxygen atoms in total. The van der Waals surface area contributed by atoms with Crippen LogP contribution in [0.15, 0.2) is 24.3 Å². The molecule has 2 N–H and O–H groups in total. The summed E-state index contributed by atoms with van der Waals surface area (Å²) < 4.78 is 0. The van der Waals surface area contributed by atoms with E-state index in [1.54, 1.807) is 11.0 Å². The highest BCUT2D eigenvalue weighted by Gasteiger charge is 2.14. The van der Waals surface area contributed by atoms with Crippen molar-refractivity contribution in [1.29, 1.82) is 0 Å². The zero-order chi connectivity index (χ0) is 12.8. The first-order chi connectivity index (χ1) is 8.04. The summed E-state index contributed by atoms with van der Waals surface area (Å²) in [7, 11) is 0. The van der Waals surface area contributed by atoms with Gasteiger partial charge in [-0.1, -0.05) is 42.0 Å². The number of hydrogen-bond acceptors (Lipinski definition) is 2. The van der Waals surface area contributed by atoms with Crippen LogP contribution in [0.4, 0.5) is 0 Å². The Bertz CT molecular complexity index is 423. The molecule has 0 atom stereocenters. The summed E-state index contributed by atoms with van der Waals surface area (Å²) in [5, 5.41) is 0.604. The lowest BCUT2D eigenvalue weighted by atomic mass is 10.1. The number of likely N-dealkylation sites (N-methyl/N-ethyl adjacent to an activating group) is 1. The molecule has 0 aliphatic carbocycles. The predicted octanol–water partition coefficient (Wildman–Crippen LogP) is 2.02. The molecule has 0 saturated heterocycles. The number of hydrogen-bond donors (Lipinski definition) is 1. The molecule has 5 heteroatoms. The van der Waals surface area contributed by atoms with Gasteiger partial charge in [-0.05, 0) is 18.6 Å². The second-order valence-electron chi connectivity index (χ2n) is 3.64. The van der Waals surface area contributed by atoms with Crippen molar-refractivity contribution in [3.05, 3.63) is 34.9 Å². The lowest BCUT2D eigenvalue weighted by molar-refractivity contribution is -0.129. The molecule has 0 aliphatic rings. The zero-order valence-electron chi connectivity index (χ0n) is 9.65. The van der Waals surface area contributed by atoms with Gasteiger partial charge in [0.15, 0.2) is 0 Å². The number of benzene rings is 1. The van der Waals surface area contributed by atoms with E-state index in [2.05, 4.69) is 0 Å². The Balaban J connectivity index is 2.71. The lowest BCUT2D eigenvalue weighted by Gasteiger charge is -2.20. The van der Waals surface area contributed by atoms with Crippen LogP contribution in [-0.2, 0) is 11.2 Å². The average molecular weight is 271 g/mol. The van der Waals surface area contributed by atoms with E-state index in [4.69, 9.17) is 29.6 Å². The molecule has 17 heavy (non-hydrogen) atoms. The third-order valence-corrected chi connectivity index (χ3v) is 2.88. The molecule has 0 radical (unpaired) electrons. The van der Waals surface area contributed by atoms with E-state index in [0.29, 0.717) is 23.1 Å². The van der Waals surface area contributed by atoms with E-state index < -0.39 is 0 Å². The Morgan fingerprint density at radius 3 is 2.65 bits per heavy atom. The van der Waals surface area contributed by atoms with Crippen LogP contribution in [0.25, 0.3) is 0 Å². The molecule has 0 aromatic heterocycles. The van der Waals surface area contributed by atoms with Crippen molar-refractivity contribution in [3.63, 3.8) is 0 Å². The minimum absolute atomic E-state index is 0.0200. The monoisotopic (exact) mass is 270 g/mol. The molecular weight excluding hydrogens is 256 g/mol. The van der Waals surface area contributed by atoms with Gasteiger partial charge in [-0.3, -0.25) is 4.79 Å². The van der Waals surface area contributed by atoms with Crippen molar-refractivity contribution in [3.8, 4) is 0 Å². The zero-order valence-corrected chi connectivity index (χ0v) is 11.2. The molecule has 1 amide bonds. The Kier molecular flexibility index (Phi) is 5.38. The number of carbonyl (C=O) groups is 1. The smallest absolute Gasteiger partial charge is 0.227 e. The fourth-order valence-corrected chi connectivity index (χ4v) is 1.84. The molecule has 0 saturated carbocycles. The number of nitrogens with two attached hydrogens (primary N) is 1. The minimum atomic E-state index is -0.0200. The summed E-state index contributed by atoms with van der Waals surface area (Å²) in [6, 6.07) is 7.31. The maximum Gasteiger partial charge on any atom is 0.227 e. The second-order valence-corrected chi connectivity index (χ2v) is 4.57. The van der Waals surface area contributed by atoms with Crippen LogP contribution in [0.1, 0.15) is 12.5 Å². The topological polar surface area (TPSA) is 46.3 Å². The van der Waals surface area contributed by atoms with Crippen molar-refractivity contribution in [2.24, 2.45) is 5.73 Å². The van der Waals surface area contributed by atoms with E-state index in [0.717, 1.165) is 5.56 Å². The molecule has 1 rings (SSSR count). The van der Waals surface area contributed by atoms with Gasteiger partial charge in [0.25, 0.3) is 0 Å². The number of thiocarbonyl (C=S) groups is 1. The van der Waals surface area contributed by atoms with Gasteiger partial charge >= 0.3 is 0 Å². The highest BCUT2D eigenvalue weighted by Crippen LogP contribution is 2.16. The molecule has 0 fully saturated rings. The first-order valence-electron chi connectivity index (χ1n) is 5.34. The molecule has 0 bridgehead atoms. The van der Waals surface area contributed by atoms with Crippen molar-refractivity contribution in [2.45, 2.75) is 13.3 Å². The van der Waals surface area contributed by atoms with Crippen molar-refractivity contribution in [1.82, 2.24) is 4.90 Å². The second kappa shape index (κ2) is 6.57. The van der Waals surface area contributed by atoms with Crippen molar-refractivity contribution < 1.29 is 4.79 Å². The summed E-state index contributed by atoms with van der Waals surface area (Å²) in [5.74, 6) is -0.0200. The Morgan fingerprint density at radius 1 is 1.47 bits per heavy atom. The van der Waals surface area contributed by atoms with Gasteiger partial charge < -0.3 is 10.6 Å². The van der Waals surface area contributed by atoms with Crippen LogP contribution >= 0.6 is 23.8 Å². The summed E-state index contributed by atoms with van der Waals surface area (Å²) in [6.45, 7) is 2.79. The van der Waals surface area contributed by atoms with Crippen LogP contribution in [0.2, 0.25) is 5.02 Å². The van der Waals surface area contributed by atoms with E-state index in [1.165, 1.54) is 0 Å². The summed E-state index contributed by atoms with van der Waals surface area (Å²) in [6.07, 6.45) is 0.274. The fourth-order valence-electron chi connectivity index (χ4n) is 1.48. The van der Waals surface area contributed by atoms with Gasteiger partial charge in [-0.2, -0.15) is 0 Å². The highest BCUT2D eigenvalue weighted by molar-refractivity contribution is 7.80. The predicted molar refractivity (Wildman–Crippen MR) is 74.2 cm³/mol. The Hall–Kier alpha value is -1.13. The lowest BCUT2D eigenvalue weighted by Crippen LogP contribution is -2.38. The number of halogens is 1. The van der Waals surface area contributed by atoms with Gasteiger partial charge in [0.1, 0.15) is 0 Å². The fraction of sp³-hybridized carbons (Fsp3) is 0.333. The number of carbonyl (C=O) groups excluding carboxylic acids is 1. The van der Waals surface area contributed by atoms with E-state index >= 15 is 0 Å². The summed E-state index contributed by atoms with van der Waals surface area (Å²) in [5.41, 5.74) is 6.26. The molecule has 1 aromatic carbocycles. The molecule has 0 unspecified atom stereocenters. The van der Waals surface area contributed by atoms with E-state index in [9.17, 15) is 4.79 Å². The van der Waals surface area contributed by atoms with Gasteiger partial charge in [0.2, 0.25) is 5.91 Å². The van der Waals surface area contributed by atoms with Gasteiger partial charge in [-0.15, -0.1) is 0 Å². The van der Waals surface area contributed by atoms with Crippen molar-refractivity contribution in [2.75, 3.05) is 13.1 Å². The summed E-state index contributed by atoms with van der Waals surface area (Å²) >= 11 is 10.8. The largest absolute Gasteiger partial charge is 0.392 e. The quantitative estimate of drug-likeness (QED) is 0.833. The van der Waals surface area contributed by atoms with Crippen LogP contribution in [0.3, 0.4) is 0 Å². The molecule has 0 heterocycles. The third kappa shape index (κ3) is 4.32. The average Bonchev–Trinajstić information content (AvgIpc) is 2.28. The standard InChI is InChI=1S/C12H15ClN2OS/c1-2-15(8-11(14)17)12(16)7-9-5-3-4-6-10(9)13/h3-6H,2,7-8H2,1H3,(H2,14,17). The van der Waals surface area contributed by atoms with Gasteiger partial charge in [0, 0.05) is 11.6 Å². The highest BCUT2D eigenvalue weighted by atomic mass is 35.5. The Labute approximate surface area is 112 Å². The third-order valence-electron chi connectivity index (χ3n) is 2.38. The van der Waals surface area contributed by atoms with E-state index in [1.807, 2.05) is 25.1 Å². The number of nitrogens with zero attached hydrogens (tertiary/aromatic N) is 1. The Morgan fingerprint density at radius 2 is 2.12 bits per heavy atom. The molecule has 1 aromatic rings. The molecule has 0 aliphatic heterocycles. The molecule has 0 spiro atoms. The number of rotatable bonds is 5. The van der Waals surface area contributed by atoms with Crippen LogP contribution in [0.5, 0.6) is 0 Å². The van der Waals surface area contributed by atoms with Crippen LogP contribution < -0.4 is 5.73 Å². The van der Waals surface area contributed by atoms with Crippen LogP contribution in [-0.4, -0.2) is 28.9 Å². The maximum absolute atomic E-state index is 12.0. The first kappa shape index (κ1) is 13.9. The van der Waals surface area contributed by atoms with Gasteiger partial charge in [-0.25, -0.2) is 0 Å². The van der Waals surface area contributed by atoms with Crippen molar-refractivity contribution >= 4 is 34.7 Å². The van der Waals surface area contributed by atoms with E-state index in [-0.39, 0.29) is 12.3 Å². The molecule has 92 valence electrons. The number of amides is 1. The minimum Gasteiger partial charge on any atom is -0.392 e. The first-order valence-corrected chi connectivity index (χ1v) is 6.12. The van der Waals surface area contributed by atoms with Crippen LogP contribution in [0, 0.1) is 0 Å². The normalized spacial score (nSPS) is 10.0. The molecular formula is C12H15ClN2OS. The maximum atomic E-state index is 12.0. The van der Waals surface area contributed by atoms with Gasteiger partial charge in [0.05, 0.1) is 18.0 Å². The summed E-state index contributed by atoms with van der Waals surface area (Å²) in [4.78, 5) is 13.9.